The molecule has 0 fully saturated rings. The third-order valence-electron chi connectivity index (χ3n) is 5.42. The highest BCUT2D eigenvalue weighted by molar-refractivity contribution is 6.32. The Labute approximate surface area is 184 Å². The van der Waals surface area contributed by atoms with Crippen LogP contribution >= 0.6 is 11.6 Å². The largest absolute Gasteiger partial charge is 0.249 e. The van der Waals surface area contributed by atoms with Gasteiger partial charge in [0.05, 0.1) is 5.56 Å². The second-order valence-electron chi connectivity index (χ2n) is 7.92. The van der Waals surface area contributed by atoms with Crippen molar-refractivity contribution < 1.29 is 8.78 Å². The molecule has 3 nitrogen and oxygen atoms in total. The van der Waals surface area contributed by atoms with E-state index in [9.17, 15) is 8.78 Å². The highest BCUT2D eigenvalue weighted by Crippen LogP contribution is 2.29. The second-order valence-corrected chi connectivity index (χ2v) is 8.49. The molecule has 0 bridgehead atoms. The highest BCUT2D eigenvalue weighted by Gasteiger charge is 2.20. The number of nitrogens with zero attached hydrogens (tertiary/aromatic N) is 3. The molecule has 0 amide bonds. The Morgan fingerprint density at radius 2 is 1.47 bits per heavy atom. The second kappa shape index (κ2) is 12.8. The quantitative estimate of drug-likeness (QED) is 0.297. The molecule has 1 heterocycles. The zero-order chi connectivity index (χ0) is 21.9. The Bertz CT molecular complexity index is 806. The smallest absolute Gasteiger partial charge is 0.187 e. The minimum Gasteiger partial charge on any atom is -0.249 e. The van der Waals surface area contributed by atoms with Crippen molar-refractivity contribution in [2.75, 3.05) is 0 Å². The summed E-state index contributed by atoms with van der Waals surface area (Å²) < 4.78 is 29.8. The molecule has 0 atom stereocenters. The number of halogens is 3. The van der Waals surface area contributed by atoms with Crippen molar-refractivity contribution in [2.24, 2.45) is 7.05 Å². The van der Waals surface area contributed by atoms with Gasteiger partial charge < -0.3 is 0 Å². The van der Waals surface area contributed by atoms with E-state index in [4.69, 9.17) is 11.6 Å². The van der Waals surface area contributed by atoms with E-state index >= 15 is 0 Å². The third-order valence-corrected chi connectivity index (χ3v) is 5.64. The predicted molar refractivity (Wildman–Crippen MR) is 121 cm³/mol. The van der Waals surface area contributed by atoms with E-state index in [1.807, 2.05) is 6.92 Å². The van der Waals surface area contributed by atoms with Gasteiger partial charge in [-0.15, -0.1) is 0 Å². The zero-order valence-corrected chi connectivity index (χ0v) is 19.2. The average Bonchev–Trinajstić information content (AvgIpc) is 3.06. The normalized spacial score (nSPS) is 12.3. The first-order chi connectivity index (χ1) is 14.5. The molecule has 1 aromatic heterocycles. The number of unbranched alkanes of at least 4 members (excludes halogenated alkanes) is 9. The Morgan fingerprint density at radius 3 is 2.00 bits per heavy atom. The lowest BCUT2D eigenvalue weighted by Crippen LogP contribution is -2.00. The number of benzene rings is 1. The molecule has 0 radical (unpaired) electrons. The van der Waals surface area contributed by atoms with Gasteiger partial charge >= 0.3 is 0 Å². The standard InChI is InChI=1S/C24H34ClF2N3/c1-4-5-6-7-8-9-10-11-12-13-15-19(18(2)25)24-28-23(29-30(24)3)22-20(26)16-14-17-21(22)27/h14,16-17H,4-13,15H2,1-3H3. The molecule has 0 aliphatic heterocycles. The van der Waals surface area contributed by atoms with Gasteiger partial charge in [-0.25, -0.2) is 18.4 Å². The summed E-state index contributed by atoms with van der Waals surface area (Å²) in [5, 5.41) is 4.88. The summed E-state index contributed by atoms with van der Waals surface area (Å²) in [6, 6.07) is 3.75. The number of hydrogen-bond acceptors (Lipinski definition) is 2. The first kappa shape index (κ1) is 24.5. The number of hydrogen-bond donors (Lipinski definition) is 0. The van der Waals surface area contributed by atoms with Gasteiger partial charge in [-0.3, -0.25) is 0 Å². The molecule has 0 unspecified atom stereocenters. The minimum atomic E-state index is -0.671. The Balaban J connectivity index is 1.90. The van der Waals surface area contributed by atoms with Crippen LogP contribution in [0.2, 0.25) is 0 Å². The Kier molecular flexibility index (Phi) is 10.5. The van der Waals surface area contributed by atoms with Crippen LogP contribution in [-0.2, 0) is 7.05 Å². The van der Waals surface area contributed by atoms with Crippen LogP contribution in [0, 0.1) is 11.6 Å². The van der Waals surface area contributed by atoms with Crippen LogP contribution in [0.25, 0.3) is 17.0 Å². The lowest BCUT2D eigenvalue weighted by molar-refractivity contribution is 0.558. The van der Waals surface area contributed by atoms with E-state index in [1.54, 1.807) is 11.7 Å². The van der Waals surface area contributed by atoms with Crippen LogP contribution in [-0.4, -0.2) is 14.8 Å². The maximum atomic E-state index is 14.1. The van der Waals surface area contributed by atoms with Crippen LogP contribution in [0.3, 0.4) is 0 Å². The summed E-state index contributed by atoms with van der Waals surface area (Å²) in [5.41, 5.74) is 0.680. The van der Waals surface area contributed by atoms with Gasteiger partial charge in [0, 0.05) is 17.7 Å². The fourth-order valence-electron chi connectivity index (χ4n) is 3.69. The molecule has 0 aliphatic carbocycles. The van der Waals surface area contributed by atoms with Gasteiger partial charge in [0.2, 0.25) is 0 Å². The molecule has 166 valence electrons. The topological polar surface area (TPSA) is 30.7 Å². The van der Waals surface area contributed by atoms with E-state index in [-0.39, 0.29) is 11.4 Å². The van der Waals surface area contributed by atoms with Gasteiger partial charge in [0.25, 0.3) is 0 Å². The average molecular weight is 438 g/mol. The van der Waals surface area contributed by atoms with Crippen LogP contribution in [0.5, 0.6) is 0 Å². The fraction of sp³-hybridized carbons (Fsp3) is 0.583. The third kappa shape index (κ3) is 7.19. The molecular formula is C24H34ClF2N3. The van der Waals surface area contributed by atoms with Gasteiger partial charge in [0.15, 0.2) is 11.6 Å². The summed E-state index contributed by atoms with van der Waals surface area (Å²) in [7, 11) is 1.73. The van der Waals surface area contributed by atoms with Crippen molar-refractivity contribution in [2.45, 2.75) is 84.5 Å². The van der Waals surface area contributed by atoms with Gasteiger partial charge in [-0.05, 0) is 31.9 Å². The molecule has 0 aliphatic rings. The van der Waals surface area contributed by atoms with E-state index < -0.39 is 11.6 Å². The summed E-state index contributed by atoms with van der Waals surface area (Å²) in [5.74, 6) is -0.734. The van der Waals surface area contributed by atoms with E-state index in [2.05, 4.69) is 17.0 Å². The molecular weight excluding hydrogens is 404 g/mol. The fourth-order valence-corrected chi connectivity index (χ4v) is 3.87. The maximum Gasteiger partial charge on any atom is 0.187 e. The lowest BCUT2D eigenvalue weighted by atomic mass is 10.0. The first-order valence-electron chi connectivity index (χ1n) is 11.2. The molecule has 30 heavy (non-hydrogen) atoms. The van der Waals surface area contributed by atoms with Crippen molar-refractivity contribution >= 4 is 17.2 Å². The predicted octanol–water partition coefficient (Wildman–Crippen LogP) is 8.04. The van der Waals surface area contributed by atoms with Crippen LogP contribution in [0.4, 0.5) is 8.78 Å². The molecule has 2 aromatic rings. The van der Waals surface area contributed by atoms with Crippen molar-refractivity contribution in [1.82, 2.24) is 14.8 Å². The van der Waals surface area contributed by atoms with Crippen molar-refractivity contribution in [3.8, 4) is 11.4 Å². The van der Waals surface area contributed by atoms with Crippen LogP contribution in [0.1, 0.15) is 90.3 Å². The number of allylic oxidation sites excluding steroid dienone is 2. The zero-order valence-electron chi connectivity index (χ0n) is 18.5. The number of rotatable bonds is 13. The number of aryl methyl sites for hydroxylation is 1. The molecule has 2 rings (SSSR count). The monoisotopic (exact) mass is 437 g/mol. The molecule has 1 aromatic carbocycles. The van der Waals surface area contributed by atoms with Crippen molar-refractivity contribution in [1.29, 1.82) is 0 Å². The van der Waals surface area contributed by atoms with Gasteiger partial charge in [-0.1, -0.05) is 82.4 Å². The molecule has 0 saturated carbocycles. The number of aromatic nitrogens is 3. The van der Waals surface area contributed by atoms with Crippen molar-refractivity contribution in [3.05, 3.63) is 40.7 Å². The SMILES string of the molecule is CCCCCCCCCCCCC(=C(C)Cl)c1nc(-c2c(F)cccc2F)nn1C. The van der Waals surface area contributed by atoms with Gasteiger partial charge in [0.1, 0.15) is 11.6 Å². The minimum absolute atomic E-state index is 0.0431. The first-order valence-corrected chi connectivity index (χ1v) is 11.5. The summed E-state index contributed by atoms with van der Waals surface area (Å²) in [6.07, 6.45) is 13.4. The summed E-state index contributed by atoms with van der Waals surface area (Å²) in [6.45, 7) is 4.07. The Morgan fingerprint density at radius 1 is 0.933 bits per heavy atom. The highest BCUT2D eigenvalue weighted by atomic mass is 35.5. The van der Waals surface area contributed by atoms with Crippen LogP contribution < -0.4 is 0 Å². The van der Waals surface area contributed by atoms with Crippen molar-refractivity contribution in [3.63, 3.8) is 0 Å². The summed E-state index contributed by atoms with van der Waals surface area (Å²) >= 11 is 6.34. The van der Waals surface area contributed by atoms with E-state index in [0.717, 1.165) is 24.8 Å². The van der Waals surface area contributed by atoms with E-state index in [0.29, 0.717) is 10.9 Å². The van der Waals surface area contributed by atoms with Crippen LogP contribution in [0.15, 0.2) is 23.2 Å². The van der Waals surface area contributed by atoms with E-state index in [1.165, 1.54) is 69.6 Å². The molecule has 0 saturated heterocycles. The molecule has 6 heteroatoms. The maximum absolute atomic E-state index is 14.1. The molecule has 0 spiro atoms. The molecule has 0 N–H and O–H groups in total. The Hall–Kier alpha value is -1.75. The lowest BCUT2D eigenvalue weighted by Gasteiger charge is -2.08. The van der Waals surface area contributed by atoms with Gasteiger partial charge in [-0.2, -0.15) is 5.10 Å². The summed E-state index contributed by atoms with van der Waals surface area (Å²) in [4.78, 5) is 4.42.